The number of halogens is 12. The number of Topliss-reactive ketones (excluding diaryl/α,β-unsaturated/α-hetero) is 2. The van der Waals surface area contributed by atoms with Gasteiger partial charge < -0.3 is 0 Å². The summed E-state index contributed by atoms with van der Waals surface area (Å²) in [5.74, 6) is -40.4. The van der Waals surface area contributed by atoms with E-state index >= 15 is 0 Å². The Bertz CT molecular complexity index is 563. The molecule has 0 aliphatic carbocycles. The van der Waals surface area contributed by atoms with Crippen molar-refractivity contribution in [2.45, 2.75) is 36.3 Å². The van der Waals surface area contributed by atoms with Crippen LogP contribution in [0.3, 0.4) is 0 Å². The first kappa shape index (κ1) is 27.2. The average molecular weight is 426 g/mol. The summed E-state index contributed by atoms with van der Waals surface area (Å²) in [6.07, 6.45) is -9.92. The standard InChI is InChI=1S/C9H2F12O4.Na.H/c10-2(1(22)3(11)12)6(13,14)7(15,16)4(23)8(17,18)9(19,20)5(24)25-21;;/h2-3H;;. The van der Waals surface area contributed by atoms with Crippen molar-refractivity contribution in [2.75, 3.05) is 0 Å². The van der Waals surface area contributed by atoms with Gasteiger partial charge in [0, 0.05) is 4.53 Å². The maximum atomic E-state index is 13.1. The average Bonchev–Trinajstić information content (AvgIpc) is 2.50. The predicted molar refractivity (Wildman–Crippen MR) is 55.1 cm³/mol. The van der Waals surface area contributed by atoms with Gasteiger partial charge in [-0.3, -0.25) is 9.59 Å². The second-order valence-electron chi connectivity index (χ2n) is 4.11. The fourth-order valence-electron chi connectivity index (χ4n) is 1.12. The van der Waals surface area contributed by atoms with Gasteiger partial charge in [0.05, 0.1) is 0 Å². The van der Waals surface area contributed by atoms with Crippen molar-refractivity contribution in [3.63, 3.8) is 0 Å². The number of ketones is 2. The summed E-state index contributed by atoms with van der Waals surface area (Å²) in [6.45, 7) is 0. The molecular formula is C9H3F12NaO4. The van der Waals surface area contributed by atoms with Crippen LogP contribution < -0.4 is 0 Å². The first-order valence-electron chi connectivity index (χ1n) is 5.25. The van der Waals surface area contributed by atoms with E-state index in [-0.39, 0.29) is 29.6 Å². The molecule has 26 heavy (non-hydrogen) atoms. The van der Waals surface area contributed by atoms with Gasteiger partial charge in [-0.05, 0) is 0 Å². The summed E-state index contributed by atoms with van der Waals surface area (Å²) in [4.78, 5) is 32.5. The van der Waals surface area contributed by atoms with Crippen molar-refractivity contribution < 1.29 is 72.1 Å². The molecule has 0 amide bonds. The van der Waals surface area contributed by atoms with Gasteiger partial charge in [0.2, 0.25) is 12.0 Å². The van der Waals surface area contributed by atoms with Crippen LogP contribution in [0.25, 0.3) is 0 Å². The summed E-state index contributed by atoms with van der Waals surface area (Å²) in [7, 11) is 0. The van der Waals surface area contributed by atoms with Crippen LogP contribution in [0.2, 0.25) is 0 Å². The fourth-order valence-corrected chi connectivity index (χ4v) is 1.12. The van der Waals surface area contributed by atoms with E-state index in [4.69, 9.17) is 0 Å². The number of carbonyl (C=O) groups excluding carboxylic acids is 3. The molecule has 0 aliphatic heterocycles. The zero-order valence-electron chi connectivity index (χ0n) is 10.8. The molecule has 0 saturated carbocycles. The third-order valence-electron chi connectivity index (χ3n) is 2.49. The Balaban J connectivity index is 0. The first-order chi connectivity index (χ1) is 10.9. The molecule has 0 fully saturated rings. The zero-order valence-corrected chi connectivity index (χ0v) is 10.8. The molecule has 0 N–H and O–H groups in total. The molecule has 0 saturated heterocycles. The SMILES string of the molecule is O=C(C(F)F)C(F)C(F)(F)C(F)(F)C(=O)C(F)(F)C(F)(F)C(=O)OF.[NaH]. The van der Waals surface area contributed by atoms with Crippen molar-refractivity contribution >= 4 is 47.1 Å². The first-order valence-corrected chi connectivity index (χ1v) is 5.25. The Morgan fingerprint density at radius 1 is 0.731 bits per heavy atom. The van der Waals surface area contributed by atoms with E-state index in [2.05, 4.69) is 0 Å². The van der Waals surface area contributed by atoms with E-state index in [1.54, 1.807) is 4.94 Å². The molecule has 1 atom stereocenters. The number of rotatable bonds is 8. The topological polar surface area (TPSA) is 60.4 Å². The Morgan fingerprint density at radius 2 is 1.12 bits per heavy atom. The Labute approximate surface area is 156 Å². The summed E-state index contributed by atoms with van der Waals surface area (Å²) < 4.78 is 151. The molecule has 0 aromatic heterocycles. The third kappa shape index (κ3) is 4.27. The van der Waals surface area contributed by atoms with Crippen LogP contribution in [0.4, 0.5) is 52.8 Å². The minimum atomic E-state index is -7.19. The third-order valence-corrected chi connectivity index (χ3v) is 2.49. The Morgan fingerprint density at radius 3 is 1.42 bits per heavy atom. The van der Waals surface area contributed by atoms with E-state index in [1.165, 1.54) is 0 Å². The van der Waals surface area contributed by atoms with Crippen molar-refractivity contribution in [2.24, 2.45) is 0 Å². The summed E-state index contributed by atoms with van der Waals surface area (Å²) >= 11 is 0. The molecule has 1 unspecified atom stereocenters. The van der Waals surface area contributed by atoms with Gasteiger partial charge in [-0.1, -0.05) is 0 Å². The van der Waals surface area contributed by atoms with Crippen LogP contribution in [0, 0.1) is 0 Å². The van der Waals surface area contributed by atoms with Gasteiger partial charge in [0.1, 0.15) is 0 Å². The van der Waals surface area contributed by atoms with E-state index in [0.29, 0.717) is 0 Å². The Hall–Kier alpha value is -1.03. The molecular weight excluding hydrogens is 423 g/mol. The number of alkyl halides is 11. The van der Waals surface area contributed by atoms with Crippen molar-refractivity contribution in [3.05, 3.63) is 0 Å². The minimum absolute atomic E-state index is 0. The molecule has 4 nitrogen and oxygen atoms in total. The van der Waals surface area contributed by atoms with Crippen LogP contribution in [0.15, 0.2) is 0 Å². The summed E-state index contributed by atoms with van der Waals surface area (Å²) in [5.41, 5.74) is 0. The maximum absolute atomic E-state index is 13.1. The molecule has 17 heteroatoms. The molecule has 0 heterocycles. The van der Waals surface area contributed by atoms with Gasteiger partial charge in [-0.25, -0.2) is 22.9 Å². The van der Waals surface area contributed by atoms with Gasteiger partial charge in [0.15, 0.2) is 0 Å². The van der Waals surface area contributed by atoms with E-state index < -0.39 is 53.8 Å². The van der Waals surface area contributed by atoms with E-state index in [9.17, 15) is 67.2 Å². The zero-order chi connectivity index (χ0) is 20.6. The van der Waals surface area contributed by atoms with Crippen LogP contribution >= 0.6 is 0 Å². The van der Waals surface area contributed by atoms with Gasteiger partial charge in [-0.15, -0.1) is 0 Å². The number of hydrogen-bond acceptors (Lipinski definition) is 4. The van der Waals surface area contributed by atoms with Crippen molar-refractivity contribution in [1.82, 2.24) is 0 Å². The number of hydrogen-bond donors (Lipinski definition) is 0. The molecule has 0 rings (SSSR count). The normalized spacial score (nSPS) is 14.5. The number of carbonyl (C=O) groups is 3. The summed E-state index contributed by atoms with van der Waals surface area (Å²) in [6, 6.07) is 0. The molecule has 0 spiro atoms. The second kappa shape index (κ2) is 8.33. The molecule has 148 valence electrons. The van der Waals surface area contributed by atoms with Gasteiger partial charge in [-0.2, -0.15) is 35.1 Å². The Kier molecular flexibility index (Phi) is 8.71. The molecule has 0 aromatic carbocycles. The fraction of sp³-hybridized carbons (Fsp3) is 0.667. The molecule has 0 radical (unpaired) electrons. The monoisotopic (exact) mass is 426 g/mol. The summed E-state index contributed by atoms with van der Waals surface area (Å²) in [5, 5.41) is 0. The van der Waals surface area contributed by atoms with E-state index in [1.807, 2.05) is 0 Å². The van der Waals surface area contributed by atoms with Gasteiger partial charge >= 0.3 is 59.2 Å². The molecule has 0 aliphatic rings. The van der Waals surface area contributed by atoms with E-state index in [0.717, 1.165) is 0 Å². The van der Waals surface area contributed by atoms with Crippen LogP contribution in [-0.4, -0.2) is 83.4 Å². The second-order valence-corrected chi connectivity index (χ2v) is 4.11. The van der Waals surface area contributed by atoms with Crippen LogP contribution in [-0.2, 0) is 19.3 Å². The predicted octanol–water partition coefficient (Wildman–Crippen LogP) is 2.05. The molecule has 0 aromatic rings. The van der Waals surface area contributed by atoms with Crippen molar-refractivity contribution in [1.29, 1.82) is 0 Å². The van der Waals surface area contributed by atoms with Crippen LogP contribution in [0.1, 0.15) is 0 Å². The van der Waals surface area contributed by atoms with Gasteiger partial charge in [0.25, 0.3) is 12.2 Å². The van der Waals surface area contributed by atoms with Crippen LogP contribution in [0.5, 0.6) is 0 Å². The molecule has 0 bridgehead atoms. The quantitative estimate of drug-likeness (QED) is 0.441. The van der Waals surface area contributed by atoms with Crippen molar-refractivity contribution in [3.8, 4) is 0 Å².